The van der Waals surface area contributed by atoms with E-state index in [1.807, 2.05) is 17.5 Å². The van der Waals surface area contributed by atoms with Crippen molar-refractivity contribution in [2.45, 2.75) is 9.92 Å². The average Bonchev–Trinajstić information content (AvgIpc) is 2.70. The van der Waals surface area contributed by atoms with Gasteiger partial charge in [-0.05, 0) is 34.1 Å². The van der Waals surface area contributed by atoms with Crippen molar-refractivity contribution in [3.8, 4) is 0 Å². The van der Waals surface area contributed by atoms with Gasteiger partial charge in [-0.3, -0.25) is 0 Å². The molecule has 0 aliphatic carbocycles. The number of rotatable bonds is 3. The highest BCUT2D eigenvalue weighted by molar-refractivity contribution is 9.10. The summed E-state index contributed by atoms with van der Waals surface area (Å²) in [7, 11) is 0. The van der Waals surface area contributed by atoms with Gasteiger partial charge >= 0.3 is 5.97 Å². The van der Waals surface area contributed by atoms with E-state index in [1.54, 1.807) is 12.3 Å². The smallest absolute Gasteiger partial charge is 0.345 e. The molecule has 0 aliphatic rings. The number of carboxylic acid groups (broad SMARTS) is 1. The summed E-state index contributed by atoms with van der Waals surface area (Å²) in [6, 6.07) is 5.44. The van der Waals surface area contributed by atoms with Crippen molar-refractivity contribution in [2.75, 3.05) is 0 Å². The molecule has 2 rings (SSSR count). The predicted molar refractivity (Wildman–Crippen MR) is 67.3 cm³/mol. The van der Waals surface area contributed by atoms with E-state index >= 15 is 0 Å². The molecule has 2 aromatic heterocycles. The SMILES string of the molecule is O=C(O)c1cc(Sc2ccc(Br)cn2)cs1. The molecule has 0 saturated carbocycles. The topological polar surface area (TPSA) is 50.2 Å². The number of carbonyl (C=O) groups is 1. The number of hydrogen-bond acceptors (Lipinski definition) is 4. The maximum atomic E-state index is 10.7. The predicted octanol–water partition coefficient (Wildman–Crippen LogP) is 3.76. The molecule has 0 saturated heterocycles. The Hall–Kier alpha value is -0.850. The molecule has 6 heteroatoms. The first kappa shape index (κ1) is 11.6. The minimum absolute atomic E-state index is 0.347. The Morgan fingerprint density at radius 1 is 1.50 bits per heavy atom. The van der Waals surface area contributed by atoms with Crippen LogP contribution in [0.15, 0.2) is 44.2 Å². The Morgan fingerprint density at radius 2 is 2.31 bits per heavy atom. The highest BCUT2D eigenvalue weighted by Gasteiger charge is 2.08. The molecule has 2 aromatic rings. The van der Waals surface area contributed by atoms with Crippen LogP contribution in [0.25, 0.3) is 0 Å². The number of halogens is 1. The van der Waals surface area contributed by atoms with E-state index in [1.165, 1.54) is 23.1 Å². The molecule has 0 atom stereocenters. The van der Waals surface area contributed by atoms with Gasteiger partial charge in [-0.2, -0.15) is 0 Å². The molecular weight excluding hydrogens is 310 g/mol. The molecule has 2 heterocycles. The summed E-state index contributed by atoms with van der Waals surface area (Å²) < 4.78 is 0.924. The zero-order valence-corrected chi connectivity index (χ0v) is 11.1. The third-order valence-corrected chi connectivity index (χ3v) is 4.17. The number of nitrogens with zero attached hydrogens (tertiary/aromatic N) is 1. The van der Waals surface area contributed by atoms with Gasteiger partial charge in [-0.15, -0.1) is 11.3 Å². The van der Waals surface area contributed by atoms with Gasteiger partial charge in [0.2, 0.25) is 0 Å². The molecule has 82 valence electrons. The molecule has 0 unspecified atom stereocenters. The molecule has 0 aromatic carbocycles. The van der Waals surface area contributed by atoms with Crippen LogP contribution in [0.3, 0.4) is 0 Å². The van der Waals surface area contributed by atoms with Crippen LogP contribution in [-0.2, 0) is 0 Å². The zero-order chi connectivity index (χ0) is 11.5. The van der Waals surface area contributed by atoms with Gasteiger partial charge in [-0.1, -0.05) is 11.8 Å². The maximum Gasteiger partial charge on any atom is 0.345 e. The van der Waals surface area contributed by atoms with Gasteiger partial charge < -0.3 is 5.11 Å². The van der Waals surface area contributed by atoms with Crippen LogP contribution < -0.4 is 0 Å². The first-order valence-corrected chi connectivity index (χ1v) is 6.75. The van der Waals surface area contributed by atoms with Crippen LogP contribution in [0, 0.1) is 0 Å². The van der Waals surface area contributed by atoms with Gasteiger partial charge in [-0.25, -0.2) is 9.78 Å². The minimum Gasteiger partial charge on any atom is -0.477 e. The summed E-state index contributed by atoms with van der Waals surface area (Å²) >= 11 is 5.98. The third kappa shape index (κ3) is 2.84. The fraction of sp³-hybridized carbons (Fsp3) is 0. The highest BCUT2D eigenvalue weighted by atomic mass is 79.9. The second-order valence-corrected chi connectivity index (χ2v) is 5.79. The van der Waals surface area contributed by atoms with Crippen LogP contribution in [0.2, 0.25) is 0 Å². The Bertz CT molecular complexity index is 510. The largest absolute Gasteiger partial charge is 0.477 e. The second kappa shape index (κ2) is 4.99. The molecule has 3 nitrogen and oxygen atoms in total. The summed E-state index contributed by atoms with van der Waals surface area (Å²) in [6.45, 7) is 0. The third-order valence-electron chi connectivity index (χ3n) is 1.71. The number of hydrogen-bond donors (Lipinski definition) is 1. The van der Waals surface area contributed by atoms with Crippen LogP contribution in [0.4, 0.5) is 0 Å². The van der Waals surface area contributed by atoms with E-state index in [0.29, 0.717) is 4.88 Å². The second-order valence-electron chi connectivity index (χ2n) is 2.87. The molecule has 0 bridgehead atoms. The van der Waals surface area contributed by atoms with Gasteiger partial charge in [0, 0.05) is 20.9 Å². The van der Waals surface area contributed by atoms with E-state index in [9.17, 15) is 4.79 Å². The number of aromatic nitrogens is 1. The Labute approximate surface area is 109 Å². The van der Waals surface area contributed by atoms with Crippen LogP contribution in [0.1, 0.15) is 9.67 Å². The van der Waals surface area contributed by atoms with E-state index in [2.05, 4.69) is 20.9 Å². The van der Waals surface area contributed by atoms with Gasteiger partial charge in [0.25, 0.3) is 0 Å². The van der Waals surface area contributed by atoms with Gasteiger partial charge in [0.05, 0.1) is 0 Å². The molecule has 0 aliphatic heterocycles. The van der Waals surface area contributed by atoms with Crippen molar-refractivity contribution in [3.63, 3.8) is 0 Å². The van der Waals surface area contributed by atoms with E-state index < -0.39 is 5.97 Å². The number of thiophene rings is 1. The summed E-state index contributed by atoms with van der Waals surface area (Å²) in [5.74, 6) is -0.888. The molecule has 0 fully saturated rings. The quantitative estimate of drug-likeness (QED) is 0.937. The summed E-state index contributed by atoms with van der Waals surface area (Å²) in [5.41, 5.74) is 0. The summed E-state index contributed by atoms with van der Waals surface area (Å²) in [6.07, 6.45) is 1.72. The average molecular weight is 316 g/mol. The molecular formula is C10H6BrNO2S2. The van der Waals surface area contributed by atoms with E-state index in [0.717, 1.165) is 14.4 Å². The summed E-state index contributed by atoms with van der Waals surface area (Å²) in [4.78, 5) is 16.1. The maximum absolute atomic E-state index is 10.7. The number of aromatic carboxylic acids is 1. The minimum atomic E-state index is -0.888. The lowest BCUT2D eigenvalue weighted by Gasteiger charge is -1.96. The molecule has 0 radical (unpaired) electrons. The van der Waals surface area contributed by atoms with Crippen LogP contribution in [0.5, 0.6) is 0 Å². The van der Waals surface area contributed by atoms with E-state index in [-0.39, 0.29) is 0 Å². The Morgan fingerprint density at radius 3 is 2.88 bits per heavy atom. The highest BCUT2D eigenvalue weighted by Crippen LogP contribution is 2.30. The first-order chi connectivity index (χ1) is 7.65. The Balaban J connectivity index is 2.14. The first-order valence-electron chi connectivity index (χ1n) is 4.26. The normalized spacial score (nSPS) is 10.3. The monoisotopic (exact) mass is 315 g/mol. The molecule has 16 heavy (non-hydrogen) atoms. The van der Waals surface area contributed by atoms with Crippen molar-refractivity contribution in [2.24, 2.45) is 0 Å². The van der Waals surface area contributed by atoms with E-state index in [4.69, 9.17) is 5.11 Å². The van der Waals surface area contributed by atoms with Crippen LogP contribution in [-0.4, -0.2) is 16.1 Å². The lowest BCUT2D eigenvalue weighted by Crippen LogP contribution is -1.89. The van der Waals surface area contributed by atoms with Crippen molar-refractivity contribution < 1.29 is 9.90 Å². The van der Waals surface area contributed by atoms with Crippen molar-refractivity contribution in [1.82, 2.24) is 4.98 Å². The fourth-order valence-corrected chi connectivity index (χ4v) is 2.94. The molecule has 1 N–H and O–H groups in total. The standard InChI is InChI=1S/C10H6BrNO2S2/c11-6-1-2-9(12-4-6)16-7-3-8(10(13)14)15-5-7/h1-5H,(H,13,14). The number of pyridine rings is 1. The van der Waals surface area contributed by atoms with Crippen molar-refractivity contribution in [1.29, 1.82) is 0 Å². The lowest BCUT2D eigenvalue weighted by atomic mass is 10.5. The summed E-state index contributed by atoms with van der Waals surface area (Å²) in [5, 5.41) is 11.4. The molecule has 0 spiro atoms. The van der Waals surface area contributed by atoms with Crippen molar-refractivity contribution >= 4 is 45.0 Å². The lowest BCUT2D eigenvalue weighted by molar-refractivity contribution is 0.0702. The van der Waals surface area contributed by atoms with Crippen LogP contribution >= 0.6 is 39.0 Å². The Kier molecular flexibility index (Phi) is 3.63. The van der Waals surface area contributed by atoms with Gasteiger partial charge in [0.1, 0.15) is 9.90 Å². The van der Waals surface area contributed by atoms with Gasteiger partial charge in [0.15, 0.2) is 0 Å². The van der Waals surface area contributed by atoms with Crippen molar-refractivity contribution in [3.05, 3.63) is 39.1 Å². The fourth-order valence-electron chi connectivity index (χ4n) is 1.03. The zero-order valence-electron chi connectivity index (χ0n) is 7.88. The number of carboxylic acids is 1. The molecule has 0 amide bonds.